The van der Waals surface area contributed by atoms with Gasteiger partial charge in [-0.05, 0) is 42.7 Å². The van der Waals surface area contributed by atoms with Crippen LogP contribution in [0.2, 0.25) is 0 Å². The number of alkyl halides is 3. The van der Waals surface area contributed by atoms with Gasteiger partial charge in [-0.15, -0.1) is 0 Å². The summed E-state index contributed by atoms with van der Waals surface area (Å²) in [5.74, 6) is -0.395. The molecule has 2 aromatic rings. The molecule has 1 saturated heterocycles. The van der Waals surface area contributed by atoms with Gasteiger partial charge >= 0.3 is 6.18 Å². The van der Waals surface area contributed by atoms with E-state index >= 15 is 0 Å². The Morgan fingerprint density at radius 3 is 2.33 bits per heavy atom. The molecule has 6 heteroatoms. The minimum absolute atomic E-state index is 0.00171. The van der Waals surface area contributed by atoms with E-state index in [0.29, 0.717) is 5.39 Å². The third-order valence-corrected chi connectivity index (χ3v) is 4.49. The van der Waals surface area contributed by atoms with E-state index < -0.39 is 23.5 Å². The van der Waals surface area contributed by atoms with E-state index in [2.05, 4.69) is 5.43 Å². The van der Waals surface area contributed by atoms with Crippen LogP contribution in [0.4, 0.5) is 13.2 Å². The van der Waals surface area contributed by atoms with E-state index in [1.54, 1.807) is 45.0 Å². The molecule has 3 rings (SSSR count). The zero-order valence-electron chi connectivity index (χ0n) is 13.7. The van der Waals surface area contributed by atoms with Crippen molar-refractivity contribution in [1.29, 1.82) is 0 Å². The van der Waals surface area contributed by atoms with Gasteiger partial charge < -0.3 is 0 Å². The van der Waals surface area contributed by atoms with Crippen LogP contribution in [0, 0.1) is 12.3 Å². The Kier molecular flexibility index (Phi) is 3.83. The lowest BCUT2D eigenvalue weighted by Crippen LogP contribution is -2.43. The molecule has 1 atom stereocenters. The molecule has 1 aliphatic heterocycles. The number of carbonyl (C=O) groups excluding carboxylic acids is 1. The summed E-state index contributed by atoms with van der Waals surface area (Å²) >= 11 is 0. The maximum atomic E-state index is 13.9. The number of aryl methyl sites for hydroxylation is 1. The molecular weight excluding hydrogens is 317 g/mol. The summed E-state index contributed by atoms with van der Waals surface area (Å²) < 4.78 is 41.7. The number of rotatable bonds is 2. The van der Waals surface area contributed by atoms with Gasteiger partial charge in [0.1, 0.15) is 0 Å². The summed E-state index contributed by atoms with van der Waals surface area (Å²) in [6, 6.07) is 8.45. The molecule has 0 saturated carbocycles. The highest BCUT2D eigenvalue weighted by Crippen LogP contribution is 2.43. The lowest BCUT2D eigenvalue weighted by Gasteiger charge is -2.31. The lowest BCUT2D eigenvalue weighted by molar-refractivity contribution is -0.191. The largest absolute Gasteiger partial charge is 0.409 e. The van der Waals surface area contributed by atoms with Gasteiger partial charge in [0.25, 0.3) is 0 Å². The molecule has 1 heterocycles. The summed E-state index contributed by atoms with van der Waals surface area (Å²) in [7, 11) is 0. The Morgan fingerprint density at radius 2 is 1.79 bits per heavy atom. The fourth-order valence-corrected chi connectivity index (χ4v) is 3.29. The molecule has 24 heavy (non-hydrogen) atoms. The topological polar surface area (TPSA) is 32.3 Å². The zero-order chi connectivity index (χ0) is 17.7. The van der Waals surface area contributed by atoms with Crippen molar-refractivity contribution in [3.05, 3.63) is 47.5 Å². The van der Waals surface area contributed by atoms with Gasteiger partial charge in [-0.2, -0.15) is 13.2 Å². The Labute approximate surface area is 138 Å². The molecule has 0 aromatic heterocycles. The third-order valence-electron chi connectivity index (χ3n) is 4.49. The van der Waals surface area contributed by atoms with E-state index in [-0.39, 0.29) is 12.1 Å². The highest BCUT2D eigenvalue weighted by molar-refractivity contribution is 5.89. The second-order valence-corrected chi connectivity index (χ2v) is 6.92. The number of nitrogens with one attached hydrogen (secondary N) is 1. The number of carbonyl (C=O) groups is 1. The minimum Gasteiger partial charge on any atom is -0.287 e. The van der Waals surface area contributed by atoms with Gasteiger partial charge in [0, 0.05) is 6.54 Å². The molecule has 3 nitrogen and oxygen atoms in total. The molecule has 1 unspecified atom stereocenters. The Morgan fingerprint density at radius 1 is 1.17 bits per heavy atom. The van der Waals surface area contributed by atoms with E-state index in [0.717, 1.165) is 16.0 Å². The molecule has 0 spiro atoms. The molecule has 1 fully saturated rings. The van der Waals surface area contributed by atoms with Gasteiger partial charge in [0.2, 0.25) is 5.91 Å². The first-order valence-electron chi connectivity index (χ1n) is 7.74. The van der Waals surface area contributed by atoms with E-state index in [1.807, 2.05) is 6.07 Å². The minimum atomic E-state index is -4.51. The van der Waals surface area contributed by atoms with Crippen LogP contribution in [0.5, 0.6) is 0 Å². The fourth-order valence-electron chi connectivity index (χ4n) is 3.29. The first-order valence-corrected chi connectivity index (χ1v) is 7.74. The average molecular weight is 336 g/mol. The molecular formula is C18H19F3N2O. The maximum absolute atomic E-state index is 13.9. The van der Waals surface area contributed by atoms with Crippen LogP contribution in [0.1, 0.15) is 31.0 Å². The van der Waals surface area contributed by atoms with Crippen molar-refractivity contribution in [3.8, 4) is 0 Å². The van der Waals surface area contributed by atoms with Gasteiger partial charge in [-0.1, -0.05) is 36.4 Å². The third kappa shape index (κ3) is 2.75. The molecule has 1 aliphatic rings. The summed E-state index contributed by atoms with van der Waals surface area (Å²) in [5, 5.41) is 2.36. The van der Waals surface area contributed by atoms with Crippen molar-refractivity contribution in [3.63, 3.8) is 0 Å². The van der Waals surface area contributed by atoms with Crippen LogP contribution in [0.15, 0.2) is 36.4 Å². The summed E-state index contributed by atoms with van der Waals surface area (Å²) in [6.45, 7) is 5.08. The normalized spacial score (nSPS) is 19.5. The van der Waals surface area contributed by atoms with Gasteiger partial charge in [-0.3, -0.25) is 10.2 Å². The quantitative estimate of drug-likeness (QED) is 0.894. The number of amides is 1. The second kappa shape index (κ2) is 5.48. The summed E-state index contributed by atoms with van der Waals surface area (Å²) in [4.78, 5) is 12.0. The SMILES string of the molecule is Cc1cccc2cccc(C(N3CC(C)(C)C(=O)N3)C(F)(F)F)c12. The number of hydrogen-bond acceptors (Lipinski definition) is 2. The Bertz CT molecular complexity index is 793. The average Bonchev–Trinajstić information content (AvgIpc) is 2.71. The van der Waals surface area contributed by atoms with Crippen LogP contribution in [-0.2, 0) is 4.79 Å². The standard InChI is InChI=1S/C18H19F3N2O/c1-11-6-4-7-12-8-5-9-13(14(11)12)15(18(19,20)21)23-10-17(2,3)16(24)22-23/h4-9,15H,10H2,1-3H3,(H,22,24). The van der Waals surface area contributed by atoms with Crippen molar-refractivity contribution in [2.45, 2.75) is 33.0 Å². The number of benzene rings is 2. The summed E-state index contributed by atoms with van der Waals surface area (Å²) in [5.41, 5.74) is 2.49. The van der Waals surface area contributed by atoms with Gasteiger partial charge in [0.15, 0.2) is 6.04 Å². The fraction of sp³-hybridized carbons (Fsp3) is 0.389. The van der Waals surface area contributed by atoms with Crippen molar-refractivity contribution in [1.82, 2.24) is 10.4 Å². The summed E-state index contributed by atoms with van der Waals surface area (Å²) in [6.07, 6.45) is -4.51. The van der Waals surface area contributed by atoms with Crippen LogP contribution in [0.25, 0.3) is 10.8 Å². The number of hydrazine groups is 1. The Balaban J connectivity index is 2.18. The molecule has 2 aromatic carbocycles. The van der Waals surface area contributed by atoms with E-state index in [9.17, 15) is 18.0 Å². The van der Waals surface area contributed by atoms with Crippen LogP contribution >= 0.6 is 0 Å². The van der Waals surface area contributed by atoms with Crippen molar-refractivity contribution in [2.24, 2.45) is 5.41 Å². The number of halogens is 3. The second-order valence-electron chi connectivity index (χ2n) is 6.92. The predicted molar refractivity (Wildman–Crippen MR) is 86.1 cm³/mol. The predicted octanol–water partition coefficient (Wildman–Crippen LogP) is 4.12. The number of nitrogens with zero attached hydrogens (tertiary/aromatic N) is 1. The lowest BCUT2D eigenvalue weighted by atomic mass is 9.92. The molecule has 0 aliphatic carbocycles. The smallest absolute Gasteiger partial charge is 0.287 e. The molecule has 0 radical (unpaired) electrons. The number of hydrogen-bond donors (Lipinski definition) is 1. The molecule has 1 amide bonds. The van der Waals surface area contributed by atoms with Gasteiger partial charge in [-0.25, -0.2) is 5.01 Å². The molecule has 1 N–H and O–H groups in total. The van der Waals surface area contributed by atoms with Crippen molar-refractivity contribution < 1.29 is 18.0 Å². The first-order chi connectivity index (χ1) is 11.1. The molecule has 128 valence electrons. The number of fused-ring (bicyclic) bond motifs is 1. The highest BCUT2D eigenvalue weighted by atomic mass is 19.4. The van der Waals surface area contributed by atoms with Crippen molar-refractivity contribution >= 4 is 16.7 Å². The van der Waals surface area contributed by atoms with Crippen LogP contribution < -0.4 is 5.43 Å². The van der Waals surface area contributed by atoms with Gasteiger partial charge in [0.05, 0.1) is 5.41 Å². The highest BCUT2D eigenvalue weighted by Gasteiger charge is 2.51. The van der Waals surface area contributed by atoms with E-state index in [4.69, 9.17) is 0 Å². The zero-order valence-corrected chi connectivity index (χ0v) is 13.7. The van der Waals surface area contributed by atoms with Crippen LogP contribution in [0.3, 0.4) is 0 Å². The Hall–Kier alpha value is -2.08. The molecule has 0 bridgehead atoms. The van der Waals surface area contributed by atoms with Crippen molar-refractivity contribution in [2.75, 3.05) is 6.54 Å². The van der Waals surface area contributed by atoms with Crippen LogP contribution in [-0.4, -0.2) is 23.6 Å². The first kappa shape index (κ1) is 16.8. The maximum Gasteiger partial charge on any atom is 0.409 e. The monoisotopic (exact) mass is 336 g/mol. The van der Waals surface area contributed by atoms with E-state index in [1.165, 1.54) is 6.07 Å².